The highest BCUT2D eigenvalue weighted by Crippen LogP contribution is 2.41. The van der Waals surface area contributed by atoms with Crippen LogP contribution in [-0.4, -0.2) is 56.7 Å². The summed E-state index contributed by atoms with van der Waals surface area (Å²) in [5, 5.41) is 3.94. The third-order valence-electron chi connectivity index (χ3n) is 7.55. The van der Waals surface area contributed by atoms with Gasteiger partial charge in [-0.2, -0.15) is 0 Å². The molecule has 2 aromatic carbocycles. The summed E-state index contributed by atoms with van der Waals surface area (Å²) in [7, 11) is -2.20. The fourth-order valence-corrected chi connectivity index (χ4v) is 7.71. The van der Waals surface area contributed by atoms with Gasteiger partial charge in [-0.1, -0.05) is 36.9 Å². The molecule has 1 saturated heterocycles. The van der Waals surface area contributed by atoms with Crippen molar-refractivity contribution in [1.82, 2.24) is 10.2 Å². The van der Waals surface area contributed by atoms with E-state index in [1.807, 2.05) is 12.1 Å². The van der Waals surface area contributed by atoms with Crippen LogP contribution >= 0.6 is 11.6 Å². The summed E-state index contributed by atoms with van der Waals surface area (Å²) in [5.74, 6) is -0.352. The van der Waals surface area contributed by atoms with Crippen LogP contribution in [0.5, 0.6) is 0 Å². The fourth-order valence-electron chi connectivity index (χ4n) is 5.45. The zero-order valence-electron chi connectivity index (χ0n) is 20.9. The number of anilines is 1. The summed E-state index contributed by atoms with van der Waals surface area (Å²) in [6.07, 6.45) is 3.03. The zero-order chi connectivity index (χ0) is 25.2. The minimum Gasteiger partial charge on any atom is -0.314 e. The lowest BCUT2D eigenvalue weighted by molar-refractivity contribution is -0.121. The first kappa shape index (κ1) is 26.1. The Hall–Kier alpha value is -1.93. The quantitative estimate of drug-likeness (QED) is 0.607. The number of aryl methyl sites for hydroxylation is 1. The largest absolute Gasteiger partial charge is 0.314 e. The van der Waals surface area contributed by atoms with Gasteiger partial charge in [0.1, 0.15) is 0 Å². The molecule has 2 aliphatic rings. The average Bonchev–Trinajstić information content (AvgIpc) is 2.85. The molecule has 35 heavy (non-hydrogen) atoms. The molecule has 190 valence electrons. The second kappa shape index (κ2) is 10.6. The Morgan fingerprint density at radius 2 is 1.83 bits per heavy atom. The minimum absolute atomic E-state index is 0.155. The van der Waals surface area contributed by atoms with Crippen LogP contribution in [0.4, 0.5) is 5.69 Å². The highest BCUT2D eigenvalue weighted by atomic mass is 35.5. The maximum absolute atomic E-state index is 14.0. The molecule has 1 atom stereocenters. The fraction of sp³-hybridized carbons (Fsp3) is 0.519. The molecule has 6 nitrogen and oxygen atoms in total. The van der Waals surface area contributed by atoms with E-state index >= 15 is 0 Å². The lowest BCUT2D eigenvalue weighted by Crippen LogP contribution is -2.54. The minimum atomic E-state index is -3.90. The number of hydrogen-bond donors (Lipinski definition) is 1. The van der Waals surface area contributed by atoms with Gasteiger partial charge >= 0.3 is 0 Å². The van der Waals surface area contributed by atoms with Crippen LogP contribution in [0, 0.1) is 6.92 Å². The summed E-state index contributed by atoms with van der Waals surface area (Å²) in [6, 6.07) is 12.7. The van der Waals surface area contributed by atoms with Crippen LogP contribution in [0.15, 0.2) is 47.4 Å². The molecule has 0 unspecified atom stereocenters. The highest BCUT2D eigenvalue weighted by Gasteiger charge is 2.53. The molecule has 0 bridgehead atoms. The normalized spacial score (nSPS) is 21.0. The molecule has 2 fully saturated rings. The van der Waals surface area contributed by atoms with Crippen molar-refractivity contribution < 1.29 is 13.2 Å². The number of carbonyl (C=O) groups is 1. The van der Waals surface area contributed by atoms with Crippen molar-refractivity contribution in [2.45, 2.75) is 68.2 Å². The predicted molar refractivity (Wildman–Crippen MR) is 142 cm³/mol. The molecule has 1 aliphatic heterocycles. The second-order valence-electron chi connectivity index (χ2n) is 10.1. The van der Waals surface area contributed by atoms with Crippen molar-refractivity contribution >= 4 is 33.0 Å². The monoisotopic (exact) mass is 517 g/mol. The molecular formula is C27H36ClN3O3S. The molecule has 0 aromatic heterocycles. The van der Waals surface area contributed by atoms with Crippen molar-refractivity contribution in [2.75, 3.05) is 31.6 Å². The SMILES string of the molecule is Cc1cc(N(C)C(=O)C2(S(=O)(=O)c3ccc(Cl)cc3)CCCCC2)ccc1CN1CCN[C@@H](C)C1. The second-order valence-corrected chi connectivity index (χ2v) is 12.8. The number of piperazine rings is 1. The van der Waals surface area contributed by atoms with E-state index < -0.39 is 14.6 Å². The van der Waals surface area contributed by atoms with Gasteiger partial charge in [0.15, 0.2) is 14.6 Å². The third kappa shape index (κ3) is 5.29. The van der Waals surface area contributed by atoms with E-state index in [2.05, 4.69) is 30.1 Å². The van der Waals surface area contributed by atoms with E-state index in [1.54, 1.807) is 24.1 Å². The van der Waals surface area contributed by atoms with Crippen LogP contribution in [0.2, 0.25) is 5.02 Å². The number of benzene rings is 2. The molecule has 1 heterocycles. The molecule has 1 saturated carbocycles. The van der Waals surface area contributed by atoms with Crippen LogP contribution in [-0.2, 0) is 21.2 Å². The molecule has 1 amide bonds. The summed E-state index contributed by atoms with van der Waals surface area (Å²) in [4.78, 5) is 18.1. The number of amides is 1. The number of halogens is 1. The standard InChI is InChI=1S/C27H36ClN3O3S/c1-20-17-24(10-7-22(20)19-31-16-15-29-21(2)18-31)30(3)26(32)27(13-5-4-6-14-27)35(33,34)25-11-8-23(28)9-12-25/h7-12,17,21,29H,4-6,13-16,18-19H2,1-3H3/t21-/m0/s1. The van der Waals surface area contributed by atoms with Gasteiger partial charge in [-0.25, -0.2) is 8.42 Å². The van der Waals surface area contributed by atoms with Crippen LogP contribution in [0.1, 0.15) is 50.2 Å². The van der Waals surface area contributed by atoms with E-state index in [4.69, 9.17) is 11.6 Å². The molecule has 0 spiro atoms. The predicted octanol–water partition coefficient (Wildman–Crippen LogP) is 4.58. The smallest absolute Gasteiger partial charge is 0.248 e. The molecule has 8 heteroatoms. The van der Waals surface area contributed by atoms with Crippen molar-refractivity contribution in [1.29, 1.82) is 0 Å². The van der Waals surface area contributed by atoms with Crippen LogP contribution in [0.25, 0.3) is 0 Å². The number of rotatable bonds is 6. The maximum atomic E-state index is 14.0. The van der Waals surface area contributed by atoms with Crippen molar-refractivity contribution in [3.63, 3.8) is 0 Å². The first-order valence-electron chi connectivity index (χ1n) is 12.5. The third-order valence-corrected chi connectivity index (χ3v) is 10.3. The van der Waals surface area contributed by atoms with Crippen LogP contribution in [0.3, 0.4) is 0 Å². The lowest BCUT2D eigenvalue weighted by atomic mass is 9.87. The van der Waals surface area contributed by atoms with E-state index in [9.17, 15) is 13.2 Å². The Kier molecular flexibility index (Phi) is 7.91. The first-order chi connectivity index (χ1) is 16.6. The van der Waals surface area contributed by atoms with Crippen LogP contribution < -0.4 is 10.2 Å². The molecule has 0 radical (unpaired) electrons. The zero-order valence-corrected chi connectivity index (χ0v) is 22.5. The Labute approximate surface area is 214 Å². The average molecular weight is 518 g/mol. The molecule has 1 N–H and O–H groups in total. The summed E-state index contributed by atoms with van der Waals surface area (Å²) >= 11 is 6.00. The number of hydrogen-bond acceptors (Lipinski definition) is 5. The van der Waals surface area contributed by atoms with Gasteiger partial charge in [-0.15, -0.1) is 0 Å². The van der Waals surface area contributed by atoms with Gasteiger partial charge in [0.2, 0.25) is 5.91 Å². The van der Waals surface area contributed by atoms with E-state index in [-0.39, 0.29) is 10.8 Å². The summed E-state index contributed by atoms with van der Waals surface area (Å²) < 4.78 is 26.3. The van der Waals surface area contributed by atoms with E-state index in [0.29, 0.717) is 36.7 Å². The van der Waals surface area contributed by atoms with Crippen molar-refractivity contribution in [3.8, 4) is 0 Å². The number of nitrogens with one attached hydrogen (secondary N) is 1. The number of carbonyl (C=O) groups excluding carboxylic acids is 1. The maximum Gasteiger partial charge on any atom is 0.248 e. The van der Waals surface area contributed by atoms with Gasteiger partial charge in [0.25, 0.3) is 0 Å². The molecule has 4 rings (SSSR count). The van der Waals surface area contributed by atoms with Gasteiger partial charge < -0.3 is 10.2 Å². The lowest BCUT2D eigenvalue weighted by Gasteiger charge is -2.38. The summed E-state index contributed by atoms with van der Waals surface area (Å²) in [5.41, 5.74) is 3.05. The Balaban J connectivity index is 1.60. The van der Waals surface area contributed by atoms with Gasteiger partial charge in [-0.05, 0) is 74.2 Å². The van der Waals surface area contributed by atoms with E-state index in [0.717, 1.165) is 43.9 Å². The van der Waals surface area contributed by atoms with Crippen molar-refractivity contribution in [3.05, 3.63) is 58.6 Å². The molecular weight excluding hydrogens is 482 g/mol. The van der Waals surface area contributed by atoms with Gasteiger partial charge in [0, 0.05) is 50.0 Å². The number of sulfone groups is 1. The molecule has 2 aromatic rings. The van der Waals surface area contributed by atoms with Crippen molar-refractivity contribution in [2.24, 2.45) is 0 Å². The van der Waals surface area contributed by atoms with Gasteiger partial charge in [-0.3, -0.25) is 9.69 Å². The van der Waals surface area contributed by atoms with E-state index in [1.165, 1.54) is 17.7 Å². The number of nitrogens with zero attached hydrogens (tertiary/aromatic N) is 2. The topological polar surface area (TPSA) is 69.7 Å². The first-order valence-corrected chi connectivity index (χ1v) is 14.3. The Morgan fingerprint density at radius 1 is 1.14 bits per heavy atom. The highest BCUT2D eigenvalue weighted by molar-refractivity contribution is 7.93. The molecule has 1 aliphatic carbocycles. The Morgan fingerprint density at radius 3 is 2.46 bits per heavy atom. The Bertz CT molecular complexity index is 1160. The summed E-state index contributed by atoms with van der Waals surface area (Å²) in [6.45, 7) is 8.12. The van der Waals surface area contributed by atoms with Gasteiger partial charge in [0.05, 0.1) is 4.90 Å².